The van der Waals surface area contributed by atoms with Crippen LogP contribution in [0.4, 0.5) is 8.78 Å². The van der Waals surface area contributed by atoms with Crippen molar-refractivity contribution >= 4 is 5.91 Å². The summed E-state index contributed by atoms with van der Waals surface area (Å²) in [5.74, 6) is -2.60. The molecule has 0 aromatic heterocycles. The lowest BCUT2D eigenvalue weighted by Gasteiger charge is -2.31. The molecule has 0 heterocycles. The van der Waals surface area contributed by atoms with Gasteiger partial charge in [0.05, 0.1) is 5.56 Å². The van der Waals surface area contributed by atoms with Crippen molar-refractivity contribution in [1.29, 1.82) is 0 Å². The summed E-state index contributed by atoms with van der Waals surface area (Å²) in [6, 6.07) is 3.64. The molecule has 0 aliphatic rings. The van der Waals surface area contributed by atoms with E-state index in [0.717, 1.165) is 12.5 Å². The summed E-state index contributed by atoms with van der Waals surface area (Å²) in [4.78, 5) is 13.9. The number of hydrogen-bond acceptors (Lipinski definition) is 2. The average Bonchev–Trinajstić information content (AvgIpc) is 2.40. The third-order valence-electron chi connectivity index (χ3n) is 3.13. The predicted molar refractivity (Wildman–Crippen MR) is 75.4 cm³/mol. The molecule has 5 heteroatoms. The monoisotopic (exact) mass is 284 g/mol. The molecule has 0 saturated carbocycles. The molecular weight excluding hydrogens is 262 g/mol. The minimum Gasteiger partial charge on any atom is -0.338 e. The van der Waals surface area contributed by atoms with Crippen LogP contribution in [0.15, 0.2) is 18.2 Å². The zero-order valence-electron chi connectivity index (χ0n) is 12.2. The van der Waals surface area contributed by atoms with Gasteiger partial charge in [-0.1, -0.05) is 26.8 Å². The van der Waals surface area contributed by atoms with E-state index < -0.39 is 17.5 Å². The molecule has 0 bridgehead atoms. The second kappa shape index (κ2) is 6.79. The lowest BCUT2D eigenvalue weighted by molar-refractivity contribution is 0.0683. The number of hydrogen-bond donors (Lipinski definition) is 1. The SMILES string of the molecule is CCCN(CC(C)(C)CN)C(=O)c1cccc(F)c1F. The summed E-state index contributed by atoms with van der Waals surface area (Å²) in [5.41, 5.74) is 5.17. The number of benzene rings is 1. The van der Waals surface area contributed by atoms with Crippen LogP contribution in [-0.2, 0) is 0 Å². The molecule has 0 aliphatic carbocycles. The van der Waals surface area contributed by atoms with Gasteiger partial charge in [-0.2, -0.15) is 0 Å². The summed E-state index contributed by atoms with van der Waals surface area (Å²) in [5, 5.41) is 0. The van der Waals surface area contributed by atoms with Crippen LogP contribution in [-0.4, -0.2) is 30.4 Å². The smallest absolute Gasteiger partial charge is 0.256 e. The first-order valence-corrected chi connectivity index (χ1v) is 6.75. The van der Waals surface area contributed by atoms with Crippen LogP contribution in [0.25, 0.3) is 0 Å². The molecule has 0 spiro atoms. The van der Waals surface area contributed by atoms with E-state index >= 15 is 0 Å². The fraction of sp³-hybridized carbons (Fsp3) is 0.533. The molecule has 0 aliphatic heterocycles. The summed E-state index contributed by atoms with van der Waals surface area (Å²) >= 11 is 0. The van der Waals surface area contributed by atoms with E-state index in [1.165, 1.54) is 17.0 Å². The Bertz CT molecular complexity index is 475. The summed E-state index contributed by atoms with van der Waals surface area (Å²) in [6.07, 6.45) is 0.739. The molecule has 0 radical (unpaired) electrons. The van der Waals surface area contributed by atoms with Crippen molar-refractivity contribution in [3.8, 4) is 0 Å². The first-order chi connectivity index (χ1) is 9.32. The second-order valence-corrected chi connectivity index (χ2v) is 5.70. The van der Waals surface area contributed by atoms with Gasteiger partial charge in [0.25, 0.3) is 5.91 Å². The zero-order chi connectivity index (χ0) is 15.3. The highest BCUT2D eigenvalue weighted by Crippen LogP contribution is 2.19. The van der Waals surface area contributed by atoms with Gasteiger partial charge >= 0.3 is 0 Å². The van der Waals surface area contributed by atoms with E-state index in [9.17, 15) is 13.6 Å². The largest absolute Gasteiger partial charge is 0.338 e. The minimum atomic E-state index is -1.09. The predicted octanol–water partition coefficient (Wildman–Crippen LogP) is 2.80. The Balaban J connectivity index is 3.02. The molecule has 0 unspecified atom stereocenters. The molecule has 0 atom stereocenters. The van der Waals surface area contributed by atoms with Crippen molar-refractivity contribution in [1.82, 2.24) is 4.90 Å². The first kappa shape index (κ1) is 16.6. The summed E-state index contributed by atoms with van der Waals surface area (Å²) < 4.78 is 26.9. The van der Waals surface area contributed by atoms with Gasteiger partial charge in [-0.3, -0.25) is 4.79 Å². The minimum absolute atomic E-state index is 0.230. The third-order valence-corrected chi connectivity index (χ3v) is 3.13. The molecule has 20 heavy (non-hydrogen) atoms. The van der Waals surface area contributed by atoms with E-state index in [1.54, 1.807) is 0 Å². The topological polar surface area (TPSA) is 46.3 Å². The maximum atomic E-state index is 13.7. The van der Waals surface area contributed by atoms with Gasteiger partial charge < -0.3 is 10.6 Å². The molecule has 0 saturated heterocycles. The Labute approximate surface area is 118 Å². The Morgan fingerprint density at radius 1 is 1.35 bits per heavy atom. The van der Waals surface area contributed by atoms with Crippen molar-refractivity contribution in [2.45, 2.75) is 27.2 Å². The van der Waals surface area contributed by atoms with Crippen molar-refractivity contribution < 1.29 is 13.6 Å². The van der Waals surface area contributed by atoms with E-state index in [-0.39, 0.29) is 11.0 Å². The van der Waals surface area contributed by atoms with Gasteiger partial charge in [0, 0.05) is 13.1 Å². The van der Waals surface area contributed by atoms with Crippen LogP contribution in [0.3, 0.4) is 0 Å². The number of carbonyl (C=O) groups is 1. The molecule has 1 amide bonds. The lowest BCUT2D eigenvalue weighted by Crippen LogP contribution is -2.42. The summed E-state index contributed by atoms with van der Waals surface area (Å²) in [6.45, 7) is 7.10. The number of rotatable bonds is 6. The van der Waals surface area contributed by atoms with Gasteiger partial charge in [-0.15, -0.1) is 0 Å². The molecule has 112 valence electrons. The van der Waals surface area contributed by atoms with E-state index in [0.29, 0.717) is 19.6 Å². The van der Waals surface area contributed by atoms with E-state index in [2.05, 4.69) is 0 Å². The van der Waals surface area contributed by atoms with E-state index in [4.69, 9.17) is 5.73 Å². The van der Waals surface area contributed by atoms with Crippen LogP contribution in [0.2, 0.25) is 0 Å². The normalized spacial score (nSPS) is 11.5. The van der Waals surface area contributed by atoms with Crippen molar-refractivity contribution in [2.24, 2.45) is 11.1 Å². The Morgan fingerprint density at radius 2 is 2.00 bits per heavy atom. The molecule has 3 nitrogen and oxygen atoms in total. The first-order valence-electron chi connectivity index (χ1n) is 6.75. The van der Waals surface area contributed by atoms with Crippen molar-refractivity contribution in [3.05, 3.63) is 35.4 Å². The van der Waals surface area contributed by atoms with E-state index in [1.807, 2.05) is 20.8 Å². The van der Waals surface area contributed by atoms with Crippen LogP contribution >= 0.6 is 0 Å². The van der Waals surface area contributed by atoms with Crippen molar-refractivity contribution in [2.75, 3.05) is 19.6 Å². The van der Waals surface area contributed by atoms with Gasteiger partial charge in [0.2, 0.25) is 0 Å². The lowest BCUT2D eigenvalue weighted by atomic mass is 9.92. The molecule has 1 aromatic rings. The highest BCUT2D eigenvalue weighted by atomic mass is 19.2. The third kappa shape index (κ3) is 4.00. The number of carbonyl (C=O) groups excluding carboxylic acids is 1. The van der Waals surface area contributed by atoms with Crippen molar-refractivity contribution in [3.63, 3.8) is 0 Å². The molecular formula is C15H22F2N2O. The zero-order valence-corrected chi connectivity index (χ0v) is 12.2. The van der Waals surface area contributed by atoms with Crippen LogP contribution in [0.5, 0.6) is 0 Å². The van der Waals surface area contributed by atoms with Gasteiger partial charge in [0.15, 0.2) is 11.6 Å². The quantitative estimate of drug-likeness (QED) is 0.873. The van der Waals surface area contributed by atoms with Gasteiger partial charge in [-0.05, 0) is 30.5 Å². The standard InChI is InChI=1S/C15H22F2N2O/c1-4-8-19(10-15(2,3)9-18)14(20)11-6-5-7-12(16)13(11)17/h5-7H,4,8-10,18H2,1-3H3. The number of halogens is 2. The number of amides is 1. The molecule has 2 N–H and O–H groups in total. The fourth-order valence-electron chi connectivity index (χ4n) is 1.94. The second-order valence-electron chi connectivity index (χ2n) is 5.70. The fourth-order valence-corrected chi connectivity index (χ4v) is 1.94. The van der Waals surface area contributed by atoms with Gasteiger partial charge in [0.1, 0.15) is 0 Å². The Hall–Kier alpha value is -1.49. The number of nitrogens with zero attached hydrogens (tertiary/aromatic N) is 1. The Kier molecular flexibility index (Phi) is 5.62. The highest BCUT2D eigenvalue weighted by Gasteiger charge is 2.26. The van der Waals surface area contributed by atoms with Crippen LogP contribution in [0, 0.1) is 17.0 Å². The van der Waals surface area contributed by atoms with Gasteiger partial charge in [-0.25, -0.2) is 8.78 Å². The highest BCUT2D eigenvalue weighted by molar-refractivity contribution is 5.94. The molecule has 1 aromatic carbocycles. The van der Waals surface area contributed by atoms with Crippen LogP contribution < -0.4 is 5.73 Å². The average molecular weight is 284 g/mol. The molecule has 1 rings (SSSR count). The van der Waals surface area contributed by atoms with Crippen LogP contribution in [0.1, 0.15) is 37.6 Å². The number of nitrogens with two attached hydrogens (primary N) is 1. The maximum absolute atomic E-state index is 13.7. The Morgan fingerprint density at radius 3 is 2.55 bits per heavy atom. The summed E-state index contributed by atoms with van der Waals surface area (Å²) in [7, 11) is 0. The maximum Gasteiger partial charge on any atom is 0.256 e. The molecule has 0 fully saturated rings.